The number of methoxy groups -OCH3 is 1. The van der Waals surface area contributed by atoms with Crippen LogP contribution in [0.1, 0.15) is 5.69 Å². The molecular weight excluding hydrogens is 396 g/mol. The Morgan fingerprint density at radius 1 is 1.50 bits per heavy atom. The fraction of sp³-hybridized carbons (Fsp3) is 0.167. The van der Waals surface area contributed by atoms with Crippen molar-refractivity contribution in [3.8, 4) is 5.75 Å². The van der Waals surface area contributed by atoms with Crippen molar-refractivity contribution in [1.82, 2.24) is 4.98 Å². The highest BCUT2D eigenvalue weighted by Crippen LogP contribution is 2.29. The maximum Gasteiger partial charge on any atom is 0.309 e. The van der Waals surface area contributed by atoms with E-state index in [4.69, 9.17) is 9.84 Å². The van der Waals surface area contributed by atoms with Crippen LogP contribution in [0, 0.1) is 0 Å². The zero-order chi connectivity index (χ0) is 16.3. The van der Waals surface area contributed by atoms with Gasteiger partial charge in [0.1, 0.15) is 10.6 Å². The van der Waals surface area contributed by atoms with Crippen molar-refractivity contribution in [2.75, 3.05) is 11.8 Å². The molecule has 1 heterocycles. The summed E-state index contributed by atoms with van der Waals surface area (Å²) < 4.78 is 32.8. The number of carboxylic acid groups (broad SMARTS) is 1. The van der Waals surface area contributed by atoms with Crippen LogP contribution in [0.5, 0.6) is 5.75 Å². The molecule has 0 aliphatic rings. The second-order valence-electron chi connectivity index (χ2n) is 4.12. The third-order valence-electron chi connectivity index (χ3n) is 2.52. The summed E-state index contributed by atoms with van der Waals surface area (Å²) in [4.78, 5) is 14.5. The number of nitrogens with zero attached hydrogens (tertiary/aromatic N) is 1. The van der Waals surface area contributed by atoms with Gasteiger partial charge < -0.3 is 9.84 Å². The van der Waals surface area contributed by atoms with Crippen molar-refractivity contribution in [3.63, 3.8) is 0 Å². The molecule has 0 amide bonds. The number of halogens is 1. The van der Waals surface area contributed by atoms with Gasteiger partial charge in [0, 0.05) is 9.85 Å². The third kappa shape index (κ3) is 3.96. The maximum atomic E-state index is 12.4. The Morgan fingerprint density at radius 3 is 2.86 bits per heavy atom. The molecule has 0 fully saturated rings. The predicted octanol–water partition coefficient (Wildman–Crippen LogP) is 2.34. The zero-order valence-corrected chi connectivity index (χ0v) is 14.5. The van der Waals surface area contributed by atoms with Crippen LogP contribution in [0.3, 0.4) is 0 Å². The molecule has 0 atom stereocenters. The molecule has 2 N–H and O–H groups in total. The number of rotatable bonds is 6. The largest absolute Gasteiger partial charge is 0.495 e. The van der Waals surface area contributed by atoms with Crippen LogP contribution in [0.15, 0.2) is 32.9 Å². The van der Waals surface area contributed by atoms with Crippen LogP contribution >= 0.6 is 27.3 Å². The summed E-state index contributed by atoms with van der Waals surface area (Å²) in [7, 11) is -2.53. The Labute approximate surface area is 139 Å². The highest BCUT2D eigenvalue weighted by Gasteiger charge is 2.21. The van der Waals surface area contributed by atoms with Crippen LogP contribution in [0.2, 0.25) is 0 Å². The average Bonchev–Trinajstić information content (AvgIpc) is 2.84. The molecule has 0 spiro atoms. The Kier molecular flexibility index (Phi) is 5.04. The van der Waals surface area contributed by atoms with Gasteiger partial charge in [-0.2, -0.15) is 0 Å². The highest BCUT2D eigenvalue weighted by atomic mass is 79.9. The predicted molar refractivity (Wildman–Crippen MR) is 85.0 cm³/mol. The number of nitrogens with one attached hydrogen (secondary N) is 1. The molecule has 1 aromatic heterocycles. The van der Waals surface area contributed by atoms with Gasteiger partial charge in [-0.3, -0.25) is 9.52 Å². The van der Waals surface area contributed by atoms with E-state index in [9.17, 15) is 13.2 Å². The molecule has 0 bridgehead atoms. The van der Waals surface area contributed by atoms with Crippen molar-refractivity contribution in [3.05, 3.63) is 33.7 Å². The lowest BCUT2D eigenvalue weighted by molar-refractivity contribution is -0.136. The molecule has 7 nitrogen and oxygen atoms in total. The number of anilines is 1. The zero-order valence-electron chi connectivity index (χ0n) is 11.2. The van der Waals surface area contributed by atoms with E-state index >= 15 is 0 Å². The van der Waals surface area contributed by atoms with Crippen LogP contribution < -0.4 is 9.46 Å². The summed E-state index contributed by atoms with van der Waals surface area (Å²) >= 11 is 4.22. The molecule has 2 aromatic rings. The molecule has 0 radical (unpaired) electrons. The van der Waals surface area contributed by atoms with E-state index in [-0.39, 0.29) is 27.9 Å². The molecular formula is C12H11BrN2O5S2. The summed E-state index contributed by atoms with van der Waals surface area (Å²) in [5, 5.41) is 10.3. The van der Waals surface area contributed by atoms with Gasteiger partial charge in [-0.15, -0.1) is 11.3 Å². The van der Waals surface area contributed by atoms with Crippen molar-refractivity contribution in [1.29, 1.82) is 0 Å². The molecule has 0 saturated heterocycles. The molecule has 1 aromatic carbocycles. The van der Waals surface area contributed by atoms with E-state index in [0.29, 0.717) is 4.47 Å². The standard InChI is InChI=1S/C12H11BrN2O5S2/c1-20-9-3-2-7(13)4-10(9)22(18,19)15-12-14-8(6-21-12)5-11(16)17/h2-4,6H,5H2,1H3,(H,14,15)(H,16,17). The quantitative estimate of drug-likeness (QED) is 0.762. The average molecular weight is 407 g/mol. The lowest BCUT2D eigenvalue weighted by Gasteiger charge is -2.10. The lowest BCUT2D eigenvalue weighted by Crippen LogP contribution is -2.14. The van der Waals surface area contributed by atoms with Crippen molar-refractivity contribution < 1.29 is 23.1 Å². The number of hydrogen-bond donors (Lipinski definition) is 2. The third-order valence-corrected chi connectivity index (χ3v) is 5.31. The number of carbonyl (C=O) groups is 1. The first-order valence-electron chi connectivity index (χ1n) is 5.84. The van der Waals surface area contributed by atoms with Gasteiger partial charge in [0.2, 0.25) is 0 Å². The molecule has 118 valence electrons. The van der Waals surface area contributed by atoms with Crippen LogP contribution in [0.4, 0.5) is 5.13 Å². The van der Waals surface area contributed by atoms with E-state index in [1.807, 2.05) is 0 Å². The number of thiazole rings is 1. The molecule has 0 aliphatic carbocycles. The van der Waals surface area contributed by atoms with E-state index in [0.717, 1.165) is 11.3 Å². The number of aliphatic carboxylic acids is 1. The molecule has 0 unspecified atom stereocenters. The van der Waals surface area contributed by atoms with Gasteiger partial charge in [0.15, 0.2) is 5.13 Å². The van der Waals surface area contributed by atoms with Gasteiger partial charge in [-0.05, 0) is 18.2 Å². The summed E-state index contributed by atoms with van der Waals surface area (Å²) in [5.74, 6) is -0.841. The monoisotopic (exact) mass is 406 g/mol. The first kappa shape index (κ1) is 16.7. The van der Waals surface area contributed by atoms with Gasteiger partial charge in [0.25, 0.3) is 10.0 Å². The molecule has 0 aliphatic heterocycles. The van der Waals surface area contributed by atoms with Crippen molar-refractivity contribution >= 4 is 48.4 Å². The molecule has 0 saturated carbocycles. The number of benzene rings is 1. The summed E-state index contributed by atoms with van der Waals surface area (Å²) in [6.07, 6.45) is -0.265. The van der Waals surface area contributed by atoms with E-state index in [1.165, 1.54) is 24.6 Å². The van der Waals surface area contributed by atoms with Crippen molar-refractivity contribution in [2.24, 2.45) is 0 Å². The number of carboxylic acids is 1. The fourth-order valence-corrected chi connectivity index (χ4v) is 4.29. The Hall–Kier alpha value is -1.65. The van der Waals surface area contributed by atoms with Gasteiger partial charge >= 0.3 is 5.97 Å². The maximum absolute atomic E-state index is 12.4. The lowest BCUT2D eigenvalue weighted by atomic mass is 10.3. The smallest absolute Gasteiger partial charge is 0.309 e. The second kappa shape index (κ2) is 6.63. The number of sulfonamides is 1. The van der Waals surface area contributed by atoms with Crippen molar-refractivity contribution in [2.45, 2.75) is 11.3 Å². The van der Waals surface area contributed by atoms with E-state index in [2.05, 4.69) is 25.6 Å². The highest BCUT2D eigenvalue weighted by molar-refractivity contribution is 9.10. The topological polar surface area (TPSA) is 106 Å². The normalized spacial score (nSPS) is 11.2. The number of ether oxygens (including phenoxy) is 1. The minimum atomic E-state index is -3.90. The van der Waals surface area contributed by atoms with Gasteiger partial charge in [-0.25, -0.2) is 13.4 Å². The fourth-order valence-electron chi connectivity index (χ4n) is 1.62. The first-order valence-corrected chi connectivity index (χ1v) is 9.00. The van der Waals surface area contributed by atoms with E-state index in [1.54, 1.807) is 6.07 Å². The molecule has 10 heteroatoms. The van der Waals surface area contributed by atoms with Crippen LogP contribution in [-0.2, 0) is 21.2 Å². The minimum Gasteiger partial charge on any atom is -0.495 e. The summed E-state index contributed by atoms with van der Waals surface area (Å²) in [5.41, 5.74) is 0.288. The van der Waals surface area contributed by atoms with Gasteiger partial charge in [-0.1, -0.05) is 15.9 Å². The van der Waals surface area contributed by atoms with Crippen LogP contribution in [0.25, 0.3) is 0 Å². The molecule has 22 heavy (non-hydrogen) atoms. The Balaban J connectivity index is 2.30. The van der Waals surface area contributed by atoms with Crippen LogP contribution in [-0.4, -0.2) is 31.6 Å². The van der Waals surface area contributed by atoms with Gasteiger partial charge in [0.05, 0.1) is 19.2 Å². The second-order valence-corrected chi connectivity index (χ2v) is 7.54. The number of hydrogen-bond acceptors (Lipinski definition) is 6. The Bertz CT molecular complexity index is 804. The Morgan fingerprint density at radius 2 is 2.23 bits per heavy atom. The summed E-state index contributed by atoms with van der Waals surface area (Å²) in [6, 6.07) is 4.59. The minimum absolute atomic E-state index is 0.0423. The molecule has 2 rings (SSSR count). The van der Waals surface area contributed by atoms with E-state index < -0.39 is 16.0 Å². The number of aromatic nitrogens is 1. The first-order chi connectivity index (χ1) is 10.3. The SMILES string of the molecule is COc1ccc(Br)cc1S(=O)(=O)Nc1nc(CC(=O)O)cs1. The summed E-state index contributed by atoms with van der Waals surface area (Å²) in [6.45, 7) is 0.